The number of rotatable bonds is 8. The van der Waals surface area contributed by atoms with Gasteiger partial charge in [0.25, 0.3) is 0 Å². The highest BCUT2D eigenvalue weighted by molar-refractivity contribution is 5.80. The van der Waals surface area contributed by atoms with E-state index in [0.29, 0.717) is 6.54 Å². The number of ether oxygens (including phenoxy) is 3. The van der Waals surface area contributed by atoms with Gasteiger partial charge in [-0.25, -0.2) is 9.59 Å². The number of alkyl carbamates (subject to hydrolysis) is 1. The Balaban J connectivity index is 1.17. The van der Waals surface area contributed by atoms with E-state index in [-0.39, 0.29) is 51.3 Å². The molecule has 2 aromatic carbocycles. The zero-order valence-corrected chi connectivity index (χ0v) is 18.1. The van der Waals surface area contributed by atoms with Gasteiger partial charge in [0, 0.05) is 19.0 Å². The van der Waals surface area contributed by atoms with E-state index in [1.165, 1.54) is 4.90 Å². The summed E-state index contributed by atoms with van der Waals surface area (Å²) in [6, 6.07) is 16.2. The van der Waals surface area contributed by atoms with Gasteiger partial charge in [0.05, 0.1) is 19.8 Å². The van der Waals surface area contributed by atoms with Gasteiger partial charge in [0.1, 0.15) is 13.2 Å². The van der Waals surface area contributed by atoms with Gasteiger partial charge in [0.15, 0.2) is 6.10 Å². The lowest BCUT2D eigenvalue weighted by molar-refractivity contribution is -0.160. The number of aliphatic carboxylic acids is 1. The van der Waals surface area contributed by atoms with E-state index in [1.54, 1.807) is 0 Å². The first-order valence-corrected chi connectivity index (χ1v) is 10.8. The molecule has 1 fully saturated rings. The number of hydrogen-bond acceptors (Lipinski definition) is 6. The molecule has 0 spiro atoms. The maximum Gasteiger partial charge on any atom is 0.407 e. The van der Waals surface area contributed by atoms with Crippen molar-refractivity contribution in [1.82, 2.24) is 10.2 Å². The minimum absolute atomic E-state index is 0.00444. The maximum absolute atomic E-state index is 12.2. The summed E-state index contributed by atoms with van der Waals surface area (Å²) in [5, 5.41) is 11.6. The van der Waals surface area contributed by atoms with Crippen molar-refractivity contribution in [1.29, 1.82) is 0 Å². The quantitative estimate of drug-likeness (QED) is 0.585. The number of nitrogens with one attached hydrogen (secondary N) is 1. The zero-order chi connectivity index (χ0) is 23.2. The first-order chi connectivity index (χ1) is 16.0. The van der Waals surface area contributed by atoms with Gasteiger partial charge in [-0.1, -0.05) is 48.5 Å². The molecule has 0 bridgehead atoms. The number of carbonyl (C=O) groups is 3. The molecular formula is C24H26N2O7. The number of amides is 2. The Morgan fingerprint density at radius 2 is 1.73 bits per heavy atom. The van der Waals surface area contributed by atoms with Crippen molar-refractivity contribution >= 4 is 18.0 Å². The van der Waals surface area contributed by atoms with Gasteiger partial charge in [-0.3, -0.25) is 4.79 Å². The molecule has 1 aliphatic carbocycles. The number of carboxylic acids is 1. The number of carboxylic acid groups (broad SMARTS) is 1. The smallest absolute Gasteiger partial charge is 0.407 e. The van der Waals surface area contributed by atoms with Crippen molar-refractivity contribution in [2.75, 3.05) is 46.1 Å². The van der Waals surface area contributed by atoms with Crippen LogP contribution in [0.2, 0.25) is 0 Å². The van der Waals surface area contributed by atoms with Crippen molar-refractivity contribution in [3.8, 4) is 11.1 Å². The second-order valence-electron chi connectivity index (χ2n) is 7.84. The van der Waals surface area contributed by atoms with Crippen LogP contribution in [0.1, 0.15) is 17.0 Å². The third kappa shape index (κ3) is 5.32. The molecule has 2 aromatic rings. The summed E-state index contributed by atoms with van der Waals surface area (Å²) in [6.07, 6.45) is -1.57. The van der Waals surface area contributed by atoms with Crippen LogP contribution >= 0.6 is 0 Å². The summed E-state index contributed by atoms with van der Waals surface area (Å²) in [6.45, 7) is 0.832. The predicted molar refractivity (Wildman–Crippen MR) is 118 cm³/mol. The number of carbonyl (C=O) groups excluding carboxylic acids is 2. The van der Waals surface area contributed by atoms with Crippen LogP contribution in [-0.2, 0) is 23.8 Å². The highest BCUT2D eigenvalue weighted by Crippen LogP contribution is 2.44. The van der Waals surface area contributed by atoms with E-state index in [2.05, 4.69) is 29.6 Å². The van der Waals surface area contributed by atoms with Crippen molar-refractivity contribution < 1.29 is 33.7 Å². The van der Waals surface area contributed by atoms with Crippen LogP contribution in [0.3, 0.4) is 0 Å². The Morgan fingerprint density at radius 1 is 1.06 bits per heavy atom. The molecule has 2 aliphatic rings. The SMILES string of the molecule is O=C(NCCOCC(=O)N1CCOC(C(=O)O)C1)OCC1c2ccccc2-c2ccccc21. The van der Waals surface area contributed by atoms with Gasteiger partial charge in [-0.2, -0.15) is 0 Å². The fourth-order valence-corrected chi connectivity index (χ4v) is 4.15. The predicted octanol–water partition coefficient (Wildman–Crippen LogP) is 1.85. The molecule has 9 nitrogen and oxygen atoms in total. The minimum Gasteiger partial charge on any atom is -0.479 e. The number of nitrogens with zero attached hydrogens (tertiary/aromatic N) is 1. The Morgan fingerprint density at radius 3 is 2.39 bits per heavy atom. The van der Waals surface area contributed by atoms with Crippen LogP contribution in [0.15, 0.2) is 48.5 Å². The molecule has 1 heterocycles. The fourth-order valence-electron chi connectivity index (χ4n) is 4.15. The van der Waals surface area contributed by atoms with Gasteiger partial charge in [-0.05, 0) is 22.3 Å². The summed E-state index contributed by atoms with van der Waals surface area (Å²) in [4.78, 5) is 36.7. The van der Waals surface area contributed by atoms with Crippen LogP contribution in [0.5, 0.6) is 0 Å². The van der Waals surface area contributed by atoms with Crippen LogP contribution in [0, 0.1) is 0 Å². The lowest BCUT2D eigenvalue weighted by atomic mass is 9.98. The van der Waals surface area contributed by atoms with Crippen molar-refractivity contribution in [2.45, 2.75) is 12.0 Å². The topological polar surface area (TPSA) is 114 Å². The molecule has 1 saturated heterocycles. The third-order valence-corrected chi connectivity index (χ3v) is 5.78. The van der Waals surface area contributed by atoms with Crippen LogP contribution in [0.4, 0.5) is 4.79 Å². The summed E-state index contributed by atoms with van der Waals surface area (Å²) < 4.78 is 15.9. The number of hydrogen-bond donors (Lipinski definition) is 2. The van der Waals surface area contributed by atoms with E-state index in [0.717, 1.165) is 22.3 Å². The van der Waals surface area contributed by atoms with Gasteiger partial charge in [0.2, 0.25) is 5.91 Å². The molecule has 4 rings (SSSR count). The monoisotopic (exact) mass is 454 g/mol. The van der Waals surface area contributed by atoms with Crippen molar-refractivity contribution in [2.24, 2.45) is 0 Å². The van der Waals surface area contributed by atoms with Crippen LogP contribution in [-0.4, -0.2) is 80.1 Å². The minimum atomic E-state index is -1.10. The van der Waals surface area contributed by atoms with E-state index < -0.39 is 18.2 Å². The molecule has 0 saturated carbocycles. The first kappa shape index (κ1) is 22.8. The molecule has 1 atom stereocenters. The van der Waals surface area contributed by atoms with Gasteiger partial charge in [-0.15, -0.1) is 0 Å². The molecule has 1 unspecified atom stereocenters. The third-order valence-electron chi connectivity index (χ3n) is 5.78. The zero-order valence-electron chi connectivity index (χ0n) is 18.1. The van der Waals surface area contributed by atoms with Crippen molar-refractivity contribution in [3.05, 3.63) is 59.7 Å². The van der Waals surface area contributed by atoms with Crippen molar-refractivity contribution in [3.63, 3.8) is 0 Å². The summed E-state index contributed by atoms with van der Waals surface area (Å²) >= 11 is 0. The Bertz CT molecular complexity index is 980. The molecule has 2 N–H and O–H groups in total. The summed E-state index contributed by atoms with van der Waals surface area (Å²) in [7, 11) is 0. The lowest BCUT2D eigenvalue weighted by Crippen LogP contribution is -2.49. The highest BCUT2D eigenvalue weighted by Gasteiger charge is 2.30. The fraction of sp³-hybridized carbons (Fsp3) is 0.375. The summed E-state index contributed by atoms with van der Waals surface area (Å²) in [5.41, 5.74) is 4.61. The largest absolute Gasteiger partial charge is 0.479 e. The number of benzene rings is 2. The Kier molecular flexibility index (Phi) is 7.21. The average Bonchev–Trinajstić information content (AvgIpc) is 3.16. The van der Waals surface area contributed by atoms with Gasteiger partial charge < -0.3 is 29.5 Å². The summed E-state index contributed by atoms with van der Waals surface area (Å²) in [5.74, 6) is -1.42. The molecule has 33 heavy (non-hydrogen) atoms. The number of fused-ring (bicyclic) bond motifs is 3. The Hall–Kier alpha value is -3.43. The second kappa shape index (κ2) is 10.5. The van der Waals surface area contributed by atoms with E-state index in [4.69, 9.17) is 19.3 Å². The highest BCUT2D eigenvalue weighted by atomic mass is 16.5. The molecule has 9 heteroatoms. The van der Waals surface area contributed by atoms with E-state index in [1.807, 2.05) is 24.3 Å². The standard InChI is InChI=1S/C24H26N2O7/c27-22(26-10-12-32-21(13-26)23(28)29)15-31-11-9-25-24(30)33-14-20-18-7-3-1-5-16(18)17-6-2-4-8-19(17)20/h1-8,20-21H,9-15H2,(H,25,30)(H,28,29). The average molecular weight is 454 g/mol. The molecular weight excluding hydrogens is 428 g/mol. The normalized spacial score (nSPS) is 17.2. The lowest BCUT2D eigenvalue weighted by Gasteiger charge is -2.30. The maximum atomic E-state index is 12.2. The van der Waals surface area contributed by atoms with Crippen LogP contribution < -0.4 is 5.32 Å². The molecule has 0 radical (unpaired) electrons. The number of morpholine rings is 1. The van der Waals surface area contributed by atoms with E-state index >= 15 is 0 Å². The van der Waals surface area contributed by atoms with Gasteiger partial charge >= 0.3 is 12.1 Å². The second-order valence-corrected chi connectivity index (χ2v) is 7.84. The molecule has 174 valence electrons. The molecule has 2 amide bonds. The Labute approximate surface area is 191 Å². The van der Waals surface area contributed by atoms with Crippen LogP contribution in [0.25, 0.3) is 11.1 Å². The van der Waals surface area contributed by atoms with E-state index in [9.17, 15) is 14.4 Å². The molecule has 1 aliphatic heterocycles. The molecule has 0 aromatic heterocycles. The first-order valence-electron chi connectivity index (χ1n) is 10.8.